The summed E-state index contributed by atoms with van der Waals surface area (Å²) >= 11 is 0. The number of carbonyl (C=O) groups is 1. The molecule has 0 saturated carbocycles. The number of hydrogen-bond donors (Lipinski definition) is 0. The van der Waals surface area contributed by atoms with Crippen molar-refractivity contribution in [3.05, 3.63) is 23.3 Å². The molecule has 0 heterocycles. The van der Waals surface area contributed by atoms with Gasteiger partial charge < -0.3 is 0 Å². The lowest BCUT2D eigenvalue weighted by Crippen LogP contribution is -2.11. The van der Waals surface area contributed by atoms with E-state index in [-0.39, 0.29) is 5.41 Å². The number of allylic oxidation sites excluding steroid dienone is 4. The molecular weight excluding hydrogens is 148 g/mol. The Hall–Kier alpha value is -0.850. The van der Waals surface area contributed by atoms with Gasteiger partial charge in [-0.05, 0) is 23.8 Å². The second kappa shape index (κ2) is 3.26. The summed E-state index contributed by atoms with van der Waals surface area (Å²) in [6, 6.07) is 0. The molecule has 1 aliphatic carbocycles. The van der Waals surface area contributed by atoms with Crippen molar-refractivity contribution >= 4 is 6.29 Å². The molecule has 0 aromatic carbocycles. The van der Waals surface area contributed by atoms with Crippen molar-refractivity contribution in [2.75, 3.05) is 0 Å². The highest BCUT2D eigenvalue weighted by atomic mass is 16.1. The SMILES string of the molecule is CC(C)(C)C1=CC=C(C=O)CC1. The molecule has 1 aliphatic rings. The largest absolute Gasteiger partial charge is 0.298 e. The van der Waals surface area contributed by atoms with E-state index >= 15 is 0 Å². The molecule has 0 fully saturated rings. The van der Waals surface area contributed by atoms with Gasteiger partial charge in [0.15, 0.2) is 0 Å². The van der Waals surface area contributed by atoms with E-state index in [9.17, 15) is 4.79 Å². The van der Waals surface area contributed by atoms with E-state index in [0.717, 1.165) is 24.7 Å². The fourth-order valence-corrected chi connectivity index (χ4v) is 1.38. The van der Waals surface area contributed by atoms with Crippen LogP contribution in [0.2, 0.25) is 0 Å². The molecule has 0 unspecified atom stereocenters. The van der Waals surface area contributed by atoms with Crippen molar-refractivity contribution < 1.29 is 4.79 Å². The fraction of sp³-hybridized carbons (Fsp3) is 0.545. The van der Waals surface area contributed by atoms with Gasteiger partial charge in [-0.25, -0.2) is 0 Å². The quantitative estimate of drug-likeness (QED) is 0.545. The average Bonchev–Trinajstić information content (AvgIpc) is 2.03. The number of carbonyl (C=O) groups excluding carboxylic acids is 1. The molecule has 0 N–H and O–H groups in total. The van der Waals surface area contributed by atoms with Crippen LogP contribution >= 0.6 is 0 Å². The molecule has 1 rings (SSSR count). The van der Waals surface area contributed by atoms with E-state index < -0.39 is 0 Å². The fourth-order valence-electron chi connectivity index (χ4n) is 1.38. The van der Waals surface area contributed by atoms with Crippen LogP contribution in [-0.2, 0) is 4.79 Å². The van der Waals surface area contributed by atoms with Crippen LogP contribution in [0.3, 0.4) is 0 Å². The summed E-state index contributed by atoms with van der Waals surface area (Å²) in [6.07, 6.45) is 6.93. The second-order valence-electron chi connectivity index (χ2n) is 4.30. The minimum Gasteiger partial charge on any atom is -0.298 e. The highest BCUT2D eigenvalue weighted by Crippen LogP contribution is 2.32. The van der Waals surface area contributed by atoms with Gasteiger partial charge in [0.25, 0.3) is 0 Å². The minimum atomic E-state index is 0.255. The van der Waals surface area contributed by atoms with Crippen LogP contribution in [0.5, 0.6) is 0 Å². The third-order valence-corrected chi connectivity index (χ3v) is 2.30. The topological polar surface area (TPSA) is 17.1 Å². The van der Waals surface area contributed by atoms with E-state index in [1.807, 2.05) is 6.08 Å². The highest BCUT2D eigenvalue weighted by molar-refractivity contribution is 5.74. The molecule has 0 bridgehead atoms. The molecule has 0 atom stereocenters. The molecule has 1 nitrogen and oxygen atoms in total. The summed E-state index contributed by atoms with van der Waals surface area (Å²) in [4.78, 5) is 10.4. The monoisotopic (exact) mass is 164 g/mol. The number of rotatable bonds is 1. The summed E-state index contributed by atoms with van der Waals surface area (Å²) in [7, 11) is 0. The summed E-state index contributed by atoms with van der Waals surface area (Å²) in [6.45, 7) is 6.62. The van der Waals surface area contributed by atoms with Gasteiger partial charge in [0.1, 0.15) is 6.29 Å². The second-order valence-corrected chi connectivity index (χ2v) is 4.30. The van der Waals surface area contributed by atoms with Gasteiger partial charge in [-0.15, -0.1) is 0 Å². The van der Waals surface area contributed by atoms with Gasteiger partial charge in [-0.2, -0.15) is 0 Å². The highest BCUT2D eigenvalue weighted by Gasteiger charge is 2.18. The number of aldehydes is 1. The van der Waals surface area contributed by atoms with Crippen molar-refractivity contribution in [3.63, 3.8) is 0 Å². The molecule has 66 valence electrons. The van der Waals surface area contributed by atoms with Gasteiger partial charge in [-0.1, -0.05) is 38.5 Å². The zero-order valence-corrected chi connectivity index (χ0v) is 8.05. The maximum atomic E-state index is 10.4. The Morgan fingerprint density at radius 2 is 1.92 bits per heavy atom. The molecular formula is C11H16O. The van der Waals surface area contributed by atoms with Crippen molar-refractivity contribution in [1.29, 1.82) is 0 Å². The Balaban J connectivity index is 2.79. The summed E-state index contributed by atoms with van der Waals surface area (Å²) < 4.78 is 0. The average molecular weight is 164 g/mol. The first-order chi connectivity index (χ1) is 5.54. The van der Waals surface area contributed by atoms with Crippen molar-refractivity contribution in [2.24, 2.45) is 5.41 Å². The molecule has 0 aromatic rings. The third-order valence-electron chi connectivity index (χ3n) is 2.30. The molecule has 0 aliphatic heterocycles. The van der Waals surface area contributed by atoms with E-state index in [1.165, 1.54) is 5.57 Å². The predicted molar refractivity (Wildman–Crippen MR) is 50.9 cm³/mol. The number of hydrogen-bond acceptors (Lipinski definition) is 1. The Morgan fingerprint density at radius 1 is 1.25 bits per heavy atom. The van der Waals surface area contributed by atoms with Gasteiger partial charge in [-0.3, -0.25) is 4.79 Å². The summed E-state index contributed by atoms with van der Waals surface area (Å²) in [5.41, 5.74) is 2.61. The third kappa shape index (κ3) is 2.07. The smallest absolute Gasteiger partial charge is 0.146 e. The minimum absolute atomic E-state index is 0.255. The van der Waals surface area contributed by atoms with Crippen molar-refractivity contribution in [2.45, 2.75) is 33.6 Å². The first-order valence-corrected chi connectivity index (χ1v) is 4.39. The van der Waals surface area contributed by atoms with E-state index in [1.54, 1.807) is 0 Å². The van der Waals surface area contributed by atoms with E-state index in [0.29, 0.717) is 0 Å². The van der Waals surface area contributed by atoms with Crippen LogP contribution < -0.4 is 0 Å². The Bertz CT molecular complexity index is 238. The predicted octanol–water partition coefficient (Wildman–Crippen LogP) is 2.88. The van der Waals surface area contributed by atoms with Gasteiger partial charge in [0, 0.05) is 0 Å². The zero-order chi connectivity index (χ0) is 9.19. The maximum Gasteiger partial charge on any atom is 0.146 e. The lowest BCUT2D eigenvalue weighted by molar-refractivity contribution is -0.105. The Kier molecular flexibility index (Phi) is 2.51. The van der Waals surface area contributed by atoms with Crippen LogP contribution in [0.25, 0.3) is 0 Å². The van der Waals surface area contributed by atoms with E-state index in [4.69, 9.17) is 0 Å². The van der Waals surface area contributed by atoms with Crippen LogP contribution in [0.1, 0.15) is 33.6 Å². The standard InChI is InChI=1S/C11H16O/c1-11(2,3)10-6-4-9(8-12)5-7-10/h4,6,8H,5,7H2,1-3H3. The van der Waals surface area contributed by atoms with Gasteiger partial charge in [0.05, 0.1) is 0 Å². The van der Waals surface area contributed by atoms with Gasteiger partial charge in [0.2, 0.25) is 0 Å². The van der Waals surface area contributed by atoms with Crippen LogP contribution in [0.4, 0.5) is 0 Å². The molecule has 0 spiro atoms. The molecule has 0 amide bonds. The maximum absolute atomic E-state index is 10.4. The Labute approximate surface area is 74.2 Å². The van der Waals surface area contributed by atoms with E-state index in [2.05, 4.69) is 26.8 Å². The zero-order valence-electron chi connectivity index (χ0n) is 8.05. The summed E-state index contributed by atoms with van der Waals surface area (Å²) in [5, 5.41) is 0. The normalized spacial score (nSPS) is 18.2. The molecule has 0 aromatic heterocycles. The summed E-state index contributed by atoms with van der Waals surface area (Å²) in [5.74, 6) is 0. The van der Waals surface area contributed by atoms with Crippen LogP contribution in [0.15, 0.2) is 23.3 Å². The Morgan fingerprint density at radius 3 is 2.25 bits per heavy atom. The van der Waals surface area contributed by atoms with Crippen molar-refractivity contribution in [3.8, 4) is 0 Å². The molecule has 12 heavy (non-hydrogen) atoms. The molecule has 1 heteroatoms. The first kappa shape index (κ1) is 9.24. The molecule has 0 saturated heterocycles. The van der Waals surface area contributed by atoms with Crippen LogP contribution in [0, 0.1) is 5.41 Å². The lowest BCUT2D eigenvalue weighted by atomic mass is 9.81. The first-order valence-electron chi connectivity index (χ1n) is 4.39. The van der Waals surface area contributed by atoms with Crippen molar-refractivity contribution in [1.82, 2.24) is 0 Å². The van der Waals surface area contributed by atoms with Crippen LogP contribution in [-0.4, -0.2) is 6.29 Å². The van der Waals surface area contributed by atoms with Gasteiger partial charge >= 0.3 is 0 Å². The molecule has 0 radical (unpaired) electrons. The lowest BCUT2D eigenvalue weighted by Gasteiger charge is -2.24.